The molecule has 0 radical (unpaired) electrons. The first kappa shape index (κ1) is 9.71. The van der Waals surface area contributed by atoms with Gasteiger partial charge in [-0.05, 0) is 24.6 Å². The topological polar surface area (TPSA) is 9.23 Å². The van der Waals surface area contributed by atoms with Crippen LogP contribution in [-0.4, -0.2) is 6.61 Å². The van der Waals surface area contributed by atoms with Crippen LogP contribution in [0.2, 0.25) is 0 Å². The van der Waals surface area contributed by atoms with Gasteiger partial charge in [-0.2, -0.15) is 8.78 Å². The Labute approximate surface area is 75.6 Å². The maximum Gasteiger partial charge on any atom is 0.387 e. The normalized spacial score (nSPS) is 10.2. The SMILES string of the molecule is C=C(C)c1cccc(OC(F)F)c1. The smallest absolute Gasteiger partial charge is 0.387 e. The van der Waals surface area contributed by atoms with Crippen molar-refractivity contribution >= 4 is 5.57 Å². The van der Waals surface area contributed by atoms with Crippen LogP contribution in [-0.2, 0) is 0 Å². The van der Waals surface area contributed by atoms with Crippen molar-refractivity contribution in [2.45, 2.75) is 13.5 Å². The summed E-state index contributed by atoms with van der Waals surface area (Å²) in [6.45, 7) is 2.73. The molecule has 0 aliphatic heterocycles. The Kier molecular flexibility index (Phi) is 3.01. The Bertz CT molecular complexity index is 308. The number of ether oxygens (including phenoxy) is 1. The summed E-state index contributed by atoms with van der Waals surface area (Å²) in [5.41, 5.74) is 1.62. The fraction of sp³-hybridized carbons (Fsp3) is 0.200. The molecular formula is C10H10F2O. The zero-order chi connectivity index (χ0) is 9.84. The third kappa shape index (κ3) is 2.86. The van der Waals surface area contributed by atoms with Crippen molar-refractivity contribution < 1.29 is 13.5 Å². The number of halogens is 2. The first-order valence-electron chi connectivity index (χ1n) is 3.80. The fourth-order valence-corrected chi connectivity index (χ4v) is 0.938. The van der Waals surface area contributed by atoms with Gasteiger partial charge in [0, 0.05) is 0 Å². The zero-order valence-electron chi connectivity index (χ0n) is 7.26. The van der Waals surface area contributed by atoms with Crippen molar-refractivity contribution in [1.29, 1.82) is 0 Å². The van der Waals surface area contributed by atoms with Crippen LogP contribution >= 0.6 is 0 Å². The molecule has 0 fully saturated rings. The first-order valence-corrected chi connectivity index (χ1v) is 3.80. The minimum Gasteiger partial charge on any atom is -0.435 e. The molecule has 1 aromatic carbocycles. The van der Waals surface area contributed by atoms with Crippen LogP contribution in [0.5, 0.6) is 5.75 Å². The molecule has 0 spiro atoms. The van der Waals surface area contributed by atoms with E-state index < -0.39 is 6.61 Å². The maximum absolute atomic E-state index is 11.8. The molecule has 1 rings (SSSR count). The van der Waals surface area contributed by atoms with Crippen LogP contribution in [0.3, 0.4) is 0 Å². The van der Waals surface area contributed by atoms with Crippen LogP contribution in [0.25, 0.3) is 5.57 Å². The second-order valence-electron chi connectivity index (χ2n) is 2.69. The highest BCUT2D eigenvalue weighted by atomic mass is 19.3. The number of allylic oxidation sites excluding steroid dienone is 1. The lowest BCUT2D eigenvalue weighted by molar-refractivity contribution is -0.0498. The number of benzene rings is 1. The van der Waals surface area contributed by atoms with E-state index in [0.717, 1.165) is 11.1 Å². The summed E-state index contributed by atoms with van der Waals surface area (Å²) in [7, 11) is 0. The first-order chi connectivity index (χ1) is 6.09. The number of alkyl halides is 2. The predicted molar refractivity (Wildman–Crippen MR) is 47.8 cm³/mol. The van der Waals surface area contributed by atoms with E-state index in [1.165, 1.54) is 12.1 Å². The van der Waals surface area contributed by atoms with Crippen LogP contribution in [0.15, 0.2) is 30.8 Å². The molecule has 0 aliphatic carbocycles. The van der Waals surface area contributed by atoms with E-state index in [1.807, 2.05) is 6.92 Å². The molecule has 13 heavy (non-hydrogen) atoms. The molecule has 0 bridgehead atoms. The molecule has 0 heterocycles. The monoisotopic (exact) mass is 184 g/mol. The molecule has 0 amide bonds. The van der Waals surface area contributed by atoms with E-state index in [4.69, 9.17) is 0 Å². The molecule has 0 saturated heterocycles. The van der Waals surface area contributed by atoms with Gasteiger partial charge < -0.3 is 4.74 Å². The van der Waals surface area contributed by atoms with Gasteiger partial charge in [0.05, 0.1) is 0 Å². The molecule has 3 heteroatoms. The van der Waals surface area contributed by atoms with Gasteiger partial charge in [0.1, 0.15) is 5.75 Å². The fourth-order valence-electron chi connectivity index (χ4n) is 0.938. The summed E-state index contributed by atoms with van der Waals surface area (Å²) in [5.74, 6) is 0.163. The van der Waals surface area contributed by atoms with Crippen molar-refractivity contribution in [2.75, 3.05) is 0 Å². The minimum absolute atomic E-state index is 0.163. The van der Waals surface area contributed by atoms with Crippen molar-refractivity contribution in [3.8, 4) is 5.75 Å². The van der Waals surface area contributed by atoms with E-state index in [2.05, 4.69) is 11.3 Å². The summed E-state index contributed by atoms with van der Waals surface area (Å²) >= 11 is 0. The molecule has 0 aliphatic rings. The minimum atomic E-state index is -2.78. The van der Waals surface area contributed by atoms with E-state index in [9.17, 15) is 8.78 Å². The van der Waals surface area contributed by atoms with Gasteiger partial charge in [-0.1, -0.05) is 24.3 Å². The van der Waals surface area contributed by atoms with Gasteiger partial charge >= 0.3 is 6.61 Å². The average molecular weight is 184 g/mol. The van der Waals surface area contributed by atoms with Crippen molar-refractivity contribution in [2.24, 2.45) is 0 Å². The molecular weight excluding hydrogens is 174 g/mol. The van der Waals surface area contributed by atoms with Gasteiger partial charge in [0.15, 0.2) is 0 Å². The Morgan fingerprint density at radius 2 is 2.15 bits per heavy atom. The average Bonchev–Trinajstić information content (AvgIpc) is 2.03. The summed E-state index contributed by atoms with van der Waals surface area (Å²) in [6.07, 6.45) is 0. The second kappa shape index (κ2) is 4.03. The summed E-state index contributed by atoms with van der Waals surface area (Å²) < 4.78 is 27.8. The molecule has 0 saturated carbocycles. The largest absolute Gasteiger partial charge is 0.435 e. The Morgan fingerprint density at radius 1 is 1.46 bits per heavy atom. The Hall–Kier alpha value is -1.38. The van der Waals surface area contributed by atoms with Crippen molar-refractivity contribution in [1.82, 2.24) is 0 Å². The molecule has 0 N–H and O–H groups in total. The molecule has 70 valence electrons. The molecule has 1 aromatic rings. The molecule has 0 unspecified atom stereocenters. The molecule has 0 atom stereocenters. The number of rotatable bonds is 3. The van der Waals surface area contributed by atoms with Crippen LogP contribution in [0.1, 0.15) is 12.5 Å². The van der Waals surface area contributed by atoms with Gasteiger partial charge in [-0.15, -0.1) is 0 Å². The molecule has 0 aromatic heterocycles. The van der Waals surface area contributed by atoms with Gasteiger partial charge in [-0.25, -0.2) is 0 Å². The molecule has 1 nitrogen and oxygen atoms in total. The maximum atomic E-state index is 11.8. The lowest BCUT2D eigenvalue weighted by Gasteiger charge is -2.05. The summed E-state index contributed by atoms with van der Waals surface area (Å²) in [5, 5.41) is 0. The highest BCUT2D eigenvalue weighted by Gasteiger charge is 2.04. The standard InChI is InChI=1S/C10H10F2O/c1-7(2)8-4-3-5-9(6-8)13-10(11)12/h3-6,10H,1H2,2H3. The lowest BCUT2D eigenvalue weighted by atomic mass is 10.1. The Morgan fingerprint density at radius 3 is 2.69 bits per heavy atom. The highest BCUT2D eigenvalue weighted by molar-refractivity contribution is 5.62. The van der Waals surface area contributed by atoms with E-state index in [0.29, 0.717) is 0 Å². The second-order valence-corrected chi connectivity index (χ2v) is 2.69. The number of hydrogen-bond acceptors (Lipinski definition) is 1. The van der Waals surface area contributed by atoms with Crippen LogP contribution in [0.4, 0.5) is 8.78 Å². The van der Waals surface area contributed by atoms with Gasteiger partial charge in [-0.3, -0.25) is 0 Å². The Balaban J connectivity index is 2.85. The third-order valence-corrected chi connectivity index (χ3v) is 1.55. The third-order valence-electron chi connectivity index (χ3n) is 1.55. The van der Waals surface area contributed by atoms with Gasteiger partial charge in [0.25, 0.3) is 0 Å². The predicted octanol–water partition coefficient (Wildman–Crippen LogP) is 3.32. The highest BCUT2D eigenvalue weighted by Crippen LogP contribution is 2.19. The number of hydrogen-bond donors (Lipinski definition) is 0. The van der Waals surface area contributed by atoms with Crippen molar-refractivity contribution in [3.05, 3.63) is 36.4 Å². The van der Waals surface area contributed by atoms with Crippen LogP contribution in [0, 0.1) is 0 Å². The van der Waals surface area contributed by atoms with E-state index in [-0.39, 0.29) is 5.75 Å². The zero-order valence-corrected chi connectivity index (χ0v) is 7.26. The quantitative estimate of drug-likeness (QED) is 0.700. The van der Waals surface area contributed by atoms with Gasteiger partial charge in [0.2, 0.25) is 0 Å². The van der Waals surface area contributed by atoms with Crippen LogP contribution < -0.4 is 4.74 Å². The summed E-state index contributed by atoms with van der Waals surface area (Å²) in [6, 6.07) is 6.47. The van der Waals surface area contributed by atoms with E-state index in [1.54, 1.807) is 12.1 Å². The van der Waals surface area contributed by atoms with Crippen molar-refractivity contribution in [3.63, 3.8) is 0 Å². The van der Waals surface area contributed by atoms with E-state index >= 15 is 0 Å². The summed E-state index contributed by atoms with van der Waals surface area (Å²) in [4.78, 5) is 0. The lowest BCUT2D eigenvalue weighted by Crippen LogP contribution is -2.01.